The van der Waals surface area contributed by atoms with Crippen LogP contribution in [0, 0.1) is 0 Å². The molecular formula is C26H26N2O3S. The van der Waals surface area contributed by atoms with E-state index in [-0.39, 0.29) is 5.91 Å². The van der Waals surface area contributed by atoms with E-state index in [9.17, 15) is 4.79 Å². The third-order valence-corrected chi connectivity index (χ3v) is 6.18. The largest absolute Gasteiger partial charge is 0.492 e. The lowest BCUT2D eigenvalue weighted by atomic mass is 10.0. The summed E-state index contributed by atoms with van der Waals surface area (Å²) in [5, 5.41) is 0. The summed E-state index contributed by atoms with van der Waals surface area (Å²) < 4.78 is 14.1. The van der Waals surface area contributed by atoms with E-state index < -0.39 is 0 Å². The second-order valence-electron chi connectivity index (χ2n) is 7.34. The number of aromatic nitrogens is 1. The molecule has 3 aromatic carbocycles. The Hall–Kier alpha value is -3.22. The molecule has 1 heterocycles. The molecule has 6 heteroatoms. The lowest BCUT2D eigenvalue weighted by molar-refractivity contribution is 0.0997. The van der Waals surface area contributed by atoms with E-state index in [1.54, 1.807) is 7.11 Å². The number of ether oxygens (including phenoxy) is 2. The molecule has 0 saturated carbocycles. The average molecular weight is 447 g/mol. The summed E-state index contributed by atoms with van der Waals surface area (Å²) in [4.78, 5) is 18.1. The van der Waals surface area contributed by atoms with Crippen molar-refractivity contribution in [2.75, 3.05) is 20.3 Å². The van der Waals surface area contributed by atoms with Gasteiger partial charge in [0.2, 0.25) is 0 Å². The number of benzene rings is 3. The Morgan fingerprint density at radius 1 is 0.969 bits per heavy atom. The van der Waals surface area contributed by atoms with Gasteiger partial charge in [-0.05, 0) is 48.7 Å². The van der Waals surface area contributed by atoms with Gasteiger partial charge in [0.05, 0.1) is 17.9 Å². The summed E-state index contributed by atoms with van der Waals surface area (Å²) in [6, 6.07) is 23.9. The van der Waals surface area contributed by atoms with Crippen molar-refractivity contribution >= 4 is 27.5 Å². The van der Waals surface area contributed by atoms with Gasteiger partial charge in [-0.25, -0.2) is 0 Å². The first-order valence-corrected chi connectivity index (χ1v) is 11.5. The van der Waals surface area contributed by atoms with Crippen LogP contribution in [0.4, 0.5) is 0 Å². The standard InChI is InChI=1S/C26H26N2O3S/c1-3-31-22-10-7-11-23-24(22)28(16-17-30-2)26(32-23)27-25(29)21-14-12-20(13-15-21)18-19-8-5-4-6-9-19/h4-15H,3,16-18H2,1-2H3. The predicted octanol–water partition coefficient (Wildman–Crippen LogP) is 5.08. The summed E-state index contributed by atoms with van der Waals surface area (Å²) in [7, 11) is 1.66. The number of nitrogens with zero attached hydrogens (tertiary/aromatic N) is 2. The molecule has 4 aromatic rings. The normalized spacial score (nSPS) is 11.8. The maximum atomic E-state index is 13.0. The molecule has 32 heavy (non-hydrogen) atoms. The lowest BCUT2D eigenvalue weighted by Crippen LogP contribution is -2.19. The molecule has 1 aromatic heterocycles. The van der Waals surface area contributed by atoms with Gasteiger partial charge in [-0.15, -0.1) is 0 Å². The third kappa shape index (κ3) is 4.98. The van der Waals surface area contributed by atoms with Gasteiger partial charge < -0.3 is 14.0 Å². The zero-order valence-electron chi connectivity index (χ0n) is 18.3. The maximum absolute atomic E-state index is 13.0. The lowest BCUT2D eigenvalue weighted by Gasteiger charge is -2.09. The van der Waals surface area contributed by atoms with E-state index in [4.69, 9.17) is 9.47 Å². The number of para-hydroxylation sites is 1. The average Bonchev–Trinajstić information content (AvgIpc) is 3.16. The number of carbonyl (C=O) groups excluding carboxylic acids is 1. The van der Waals surface area contributed by atoms with Crippen LogP contribution in [0.3, 0.4) is 0 Å². The molecule has 0 aliphatic heterocycles. The molecule has 0 spiro atoms. The number of fused-ring (bicyclic) bond motifs is 1. The number of rotatable bonds is 8. The van der Waals surface area contributed by atoms with E-state index >= 15 is 0 Å². The van der Waals surface area contributed by atoms with Crippen molar-refractivity contribution < 1.29 is 14.3 Å². The van der Waals surface area contributed by atoms with Crippen molar-refractivity contribution in [1.82, 2.24) is 4.57 Å². The van der Waals surface area contributed by atoms with Gasteiger partial charge in [-0.2, -0.15) is 4.99 Å². The minimum absolute atomic E-state index is 0.257. The minimum atomic E-state index is -0.257. The number of hydrogen-bond donors (Lipinski definition) is 0. The molecule has 0 aliphatic carbocycles. The Morgan fingerprint density at radius 2 is 1.72 bits per heavy atom. The quantitative estimate of drug-likeness (QED) is 0.379. The van der Waals surface area contributed by atoms with Crippen LogP contribution < -0.4 is 9.54 Å². The molecule has 164 valence electrons. The Kier molecular flexibility index (Phi) is 7.14. The first-order valence-electron chi connectivity index (χ1n) is 10.7. The molecule has 0 atom stereocenters. The van der Waals surface area contributed by atoms with Crippen LogP contribution in [0.1, 0.15) is 28.4 Å². The Labute approximate surface area is 191 Å². The van der Waals surface area contributed by atoms with Gasteiger partial charge >= 0.3 is 0 Å². The smallest absolute Gasteiger partial charge is 0.279 e. The van der Waals surface area contributed by atoms with E-state index in [0.717, 1.165) is 28.0 Å². The summed E-state index contributed by atoms with van der Waals surface area (Å²) in [6.45, 7) is 3.63. The fraction of sp³-hybridized carbons (Fsp3) is 0.231. The highest BCUT2D eigenvalue weighted by Crippen LogP contribution is 2.27. The summed E-state index contributed by atoms with van der Waals surface area (Å²) >= 11 is 1.48. The Balaban J connectivity index is 1.65. The van der Waals surface area contributed by atoms with Gasteiger partial charge in [0.1, 0.15) is 11.3 Å². The van der Waals surface area contributed by atoms with E-state index in [1.807, 2.05) is 72.2 Å². The first-order chi connectivity index (χ1) is 15.7. The molecule has 1 amide bonds. The van der Waals surface area contributed by atoms with Crippen molar-refractivity contribution in [1.29, 1.82) is 0 Å². The molecule has 0 unspecified atom stereocenters. The fourth-order valence-corrected chi connectivity index (χ4v) is 4.67. The van der Waals surface area contributed by atoms with Crippen molar-refractivity contribution in [3.63, 3.8) is 0 Å². The monoisotopic (exact) mass is 446 g/mol. The van der Waals surface area contributed by atoms with Crippen LogP contribution in [0.25, 0.3) is 10.2 Å². The van der Waals surface area contributed by atoms with Gasteiger partial charge in [-0.1, -0.05) is 59.9 Å². The predicted molar refractivity (Wildman–Crippen MR) is 128 cm³/mol. The molecule has 4 rings (SSSR count). The molecule has 0 aliphatic rings. The second kappa shape index (κ2) is 10.4. The number of methoxy groups -OCH3 is 1. The van der Waals surface area contributed by atoms with Crippen molar-refractivity contribution in [2.45, 2.75) is 19.9 Å². The fourth-order valence-electron chi connectivity index (χ4n) is 3.59. The zero-order valence-corrected chi connectivity index (χ0v) is 19.1. The summed E-state index contributed by atoms with van der Waals surface area (Å²) in [5.74, 6) is 0.531. The van der Waals surface area contributed by atoms with Crippen LogP contribution in [0.15, 0.2) is 77.8 Å². The van der Waals surface area contributed by atoms with Crippen LogP contribution in [0.5, 0.6) is 5.75 Å². The third-order valence-electron chi connectivity index (χ3n) is 5.13. The molecule has 0 radical (unpaired) electrons. The number of thiazole rings is 1. The van der Waals surface area contributed by atoms with Crippen molar-refractivity contribution in [2.24, 2.45) is 4.99 Å². The van der Waals surface area contributed by atoms with Crippen LogP contribution >= 0.6 is 11.3 Å². The van der Waals surface area contributed by atoms with E-state index in [1.165, 1.54) is 16.9 Å². The van der Waals surface area contributed by atoms with Gasteiger partial charge in [0, 0.05) is 19.2 Å². The Morgan fingerprint density at radius 3 is 2.44 bits per heavy atom. The van der Waals surface area contributed by atoms with Crippen LogP contribution in [0.2, 0.25) is 0 Å². The van der Waals surface area contributed by atoms with Crippen LogP contribution in [-0.2, 0) is 17.7 Å². The first kappa shape index (κ1) is 22.0. The van der Waals surface area contributed by atoms with Gasteiger partial charge in [0.15, 0.2) is 4.80 Å². The highest BCUT2D eigenvalue weighted by atomic mass is 32.1. The number of hydrogen-bond acceptors (Lipinski definition) is 4. The van der Waals surface area contributed by atoms with Crippen molar-refractivity contribution in [3.05, 3.63) is 94.3 Å². The zero-order chi connectivity index (χ0) is 22.3. The van der Waals surface area contributed by atoms with E-state index in [0.29, 0.717) is 30.1 Å². The molecular weight excluding hydrogens is 420 g/mol. The van der Waals surface area contributed by atoms with E-state index in [2.05, 4.69) is 17.1 Å². The molecule has 0 N–H and O–H groups in total. The molecule has 0 saturated heterocycles. The van der Waals surface area contributed by atoms with Gasteiger partial charge in [0.25, 0.3) is 5.91 Å². The topological polar surface area (TPSA) is 52.8 Å². The highest BCUT2D eigenvalue weighted by Gasteiger charge is 2.13. The van der Waals surface area contributed by atoms with Crippen LogP contribution in [-0.4, -0.2) is 30.8 Å². The minimum Gasteiger partial charge on any atom is -0.492 e. The highest BCUT2D eigenvalue weighted by molar-refractivity contribution is 7.16. The molecule has 5 nitrogen and oxygen atoms in total. The second-order valence-corrected chi connectivity index (χ2v) is 8.35. The molecule has 0 fully saturated rings. The number of amides is 1. The summed E-state index contributed by atoms with van der Waals surface area (Å²) in [6.07, 6.45) is 0.833. The molecule has 0 bridgehead atoms. The number of carbonyl (C=O) groups is 1. The van der Waals surface area contributed by atoms with Crippen molar-refractivity contribution in [3.8, 4) is 5.75 Å². The maximum Gasteiger partial charge on any atom is 0.279 e. The summed E-state index contributed by atoms with van der Waals surface area (Å²) in [5.41, 5.74) is 3.92. The van der Waals surface area contributed by atoms with Gasteiger partial charge in [-0.3, -0.25) is 4.79 Å². The SMILES string of the molecule is CCOc1cccc2sc(=NC(=O)c3ccc(Cc4ccccc4)cc3)n(CCOC)c12. The Bertz CT molecular complexity index is 1260.